The first kappa shape index (κ1) is 20.0. The van der Waals surface area contributed by atoms with Crippen LogP contribution in [0.5, 0.6) is 11.5 Å². The van der Waals surface area contributed by atoms with E-state index >= 15 is 0 Å². The van der Waals surface area contributed by atoms with Crippen molar-refractivity contribution >= 4 is 34.5 Å². The van der Waals surface area contributed by atoms with Gasteiger partial charge in [-0.25, -0.2) is 0 Å². The van der Waals surface area contributed by atoms with Crippen molar-refractivity contribution in [3.8, 4) is 11.5 Å². The summed E-state index contributed by atoms with van der Waals surface area (Å²) in [6, 6.07) is 15.7. The number of thiophene rings is 1. The summed E-state index contributed by atoms with van der Waals surface area (Å²) in [5.74, 6) is 1.26. The first-order valence-electron chi connectivity index (χ1n) is 8.82. The van der Waals surface area contributed by atoms with Gasteiger partial charge in [0.15, 0.2) is 11.5 Å². The first-order chi connectivity index (χ1) is 13.2. The predicted molar refractivity (Wildman–Crippen MR) is 112 cm³/mol. The quantitative estimate of drug-likeness (QED) is 0.507. The fraction of sp³-hybridized carbons (Fsp3) is 0.238. The highest BCUT2D eigenvalue weighted by Crippen LogP contribution is 2.37. The van der Waals surface area contributed by atoms with Gasteiger partial charge in [-0.3, -0.25) is 0 Å². The molecule has 0 atom stereocenters. The zero-order chi connectivity index (χ0) is 19.1. The molecule has 0 aliphatic rings. The van der Waals surface area contributed by atoms with Crippen LogP contribution >= 0.6 is 34.5 Å². The molecule has 0 radical (unpaired) electrons. The summed E-state index contributed by atoms with van der Waals surface area (Å²) in [4.78, 5) is 1.36. The number of hydrogen-bond donors (Lipinski definition) is 1. The van der Waals surface area contributed by atoms with Crippen LogP contribution in [0.15, 0.2) is 53.9 Å². The molecule has 1 aromatic heterocycles. The predicted octanol–water partition coefficient (Wildman–Crippen LogP) is 5.30. The van der Waals surface area contributed by atoms with Crippen LogP contribution in [0.3, 0.4) is 0 Å². The molecule has 3 aromatic rings. The molecule has 0 unspecified atom stereocenters. The van der Waals surface area contributed by atoms with E-state index in [0.717, 1.165) is 24.2 Å². The lowest BCUT2D eigenvalue weighted by molar-refractivity contribution is -0.685. The summed E-state index contributed by atoms with van der Waals surface area (Å²) in [5, 5.41) is 5.62. The minimum atomic E-state index is 0.404. The van der Waals surface area contributed by atoms with Gasteiger partial charge in [0.2, 0.25) is 0 Å². The molecule has 0 bridgehead atoms. The number of ether oxygens (including phenoxy) is 2. The molecule has 3 nitrogen and oxygen atoms in total. The first-order valence-corrected chi connectivity index (χ1v) is 10.5. The van der Waals surface area contributed by atoms with E-state index in [2.05, 4.69) is 22.8 Å². The molecular weight excluding hydrogens is 401 g/mol. The van der Waals surface area contributed by atoms with Crippen molar-refractivity contribution in [3.05, 3.63) is 80.0 Å². The second-order valence-corrected chi connectivity index (χ2v) is 7.91. The average Bonchev–Trinajstić information content (AvgIpc) is 3.16. The lowest BCUT2D eigenvalue weighted by atomic mass is 10.2. The summed E-state index contributed by atoms with van der Waals surface area (Å²) in [6.07, 6.45) is 0. The zero-order valence-corrected chi connectivity index (χ0v) is 17.4. The molecular formula is C21H22Cl2NO2S+. The highest BCUT2D eigenvalue weighted by atomic mass is 35.5. The number of nitrogens with two attached hydrogens (primary N) is 1. The molecule has 0 amide bonds. The van der Waals surface area contributed by atoms with Crippen LogP contribution in [0.4, 0.5) is 0 Å². The van der Waals surface area contributed by atoms with E-state index in [1.807, 2.05) is 43.3 Å². The van der Waals surface area contributed by atoms with Crippen LogP contribution in [0, 0.1) is 0 Å². The van der Waals surface area contributed by atoms with E-state index in [-0.39, 0.29) is 0 Å². The molecule has 0 aliphatic heterocycles. The van der Waals surface area contributed by atoms with Crippen molar-refractivity contribution in [1.82, 2.24) is 0 Å². The van der Waals surface area contributed by atoms with Gasteiger partial charge in [-0.15, -0.1) is 11.3 Å². The molecule has 0 fully saturated rings. The van der Waals surface area contributed by atoms with Gasteiger partial charge < -0.3 is 14.8 Å². The van der Waals surface area contributed by atoms with Crippen LogP contribution in [0.1, 0.15) is 22.9 Å². The minimum Gasteiger partial charge on any atom is -0.490 e. The van der Waals surface area contributed by atoms with Crippen LogP contribution in [0.2, 0.25) is 10.0 Å². The van der Waals surface area contributed by atoms with Gasteiger partial charge in [0, 0.05) is 10.6 Å². The molecule has 2 aromatic carbocycles. The molecule has 3 rings (SSSR count). The molecule has 0 saturated carbocycles. The largest absolute Gasteiger partial charge is 0.490 e. The Morgan fingerprint density at radius 2 is 1.78 bits per heavy atom. The van der Waals surface area contributed by atoms with E-state index in [1.165, 1.54) is 4.88 Å². The minimum absolute atomic E-state index is 0.404. The van der Waals surface area contributed by atoms with E-state index in [1.54, 1.807) is 11.3 Å². The van der Waals surface area contributed by atoms with E-state index in [9.17, 15) is 0 Å². The van der Waals surface area contributed by atoms with Crippen LogP contribution in [-0.2, 0) is 19.7 Å². The van der Waals surface area contributed by atoms with E-state index in [0.29, 0.717) is 34.8 Å². The van der Waals surface area contributed by atoms with Crippen LogP contribution < -0.4 is 14.8 Å². The Bertz CT molecular complexity index is 851. The van der Waals surface area contributed by atoms with Crippen molar-refractivity contribution in [2.24, 2.45) is 0 Å². The van der Waals surface area contributed by atoms with Crippen molar-refractivity contribution in [2.45, 2.75) is 26.6 Å². The molecule has 27 heavy (non-hydrogen) atoms. The molecule has 142 valence electrons. The SMILES string of the molecule is CCOc1cc(C[NH2+]Cc2cccs2)cc(Cl)c1OCc1ccc(Cl)cc1. The van der Waals surface area contributed by atoms with E-state index in [4.69, 9.17) is 32.7 Å². The van der Waals surface area contributed by atoms with Gasteiger partial charge in [-0.05, 0) is 48.2 Å². The second-order valence-electron chi connectivity index (χ2n) is 6.03. The summed E-state index contributed by atoms with van der Waals surface area (Å²) < 4.78 is 11.7. The third-order valence-corrected chi connectivity index (χ3v) is 5.40. The summed E-state index contributed by atoms with van der Waals surface area (Å²) in [6.45, 7) is 4.69. The lowest BCUT2D eigenvalue weighted by Gasteiger charge is -2.15. The van der Waals surface area contributed by atoms with Crippen LogP contribution in [-0.4, -0.2) is 6.61 Å². The third-order valence-electron chi connectivity index (χ3n) is 3.97. The molecule has 0 aliphatic carbocycles. The van der Waals surface area contributed by atoms with E-state index < -0.39 is 0 Å². The zero-order valence-electron chi connectivity index (χ0n) is 15.1. The van der Waals surface area contributed by atoms with Gasteiger partial charge in [-0.2, -0.15) is 0 Å². The molecule has 0 spiro atoms. The number of benzene rings is 2. The molecule has 6 heteroatoms. The van der Waals surface area contributed by atoms with Crippen molar-refractivity contribution < 1.29 is 14.8 Å². The maximum absolute atomic E-state index is 6.50. The smallest absolute Gasteiger partial charge is 0.180 e. The molecule has 1 heterocycles. The van der Waals surface area contributed by atoms with Gasteiger partial charge in [-0.1, -0.05) is 41.4 Å². The van der Waals surface area contributed by atoms with Gasteiger partial charge in [0.1, 0.15) is 19.7 Å². The summed E-state index contributed by atoms with van der Waals surface area (Å²) in [5.41, 5.74) is 2.13. The Morgan fingerprint density at radius 3 is 2.48 bits per heavy atom. The van der Waals surface area contributed by atoms with Crippen molar-refractivity contribution in [1.29, 1.82) is 0 Å². The summed E-state index contributed by atoms with van der Waals surface area (Å²) in [7, 11) is 0. The molecule has 2 N–H and O–H groups in total. The maximum atomic E-state index is 6.50. The van der Waals surface area contributed by atoms with Gasteiger partial charge in [0.25, 0.3) is 0 Å². The Balaban J connectivity index is 1.68. The van der Waals surface area contributed by atoms with Crippen molar-refractivity contribution in [2.75, 3.05) is 6.61 Å². The Labute approximate surface area is 173 Å². The maximum Gasteiger partial charge on any atom is 0.180 e. The fourth-order valence-electron chi connectivity index (χ4n) is 2.69. The number of hydrogen-bond acceptors (Lipinski definition) is 3. The van der Waals surface area contributed by atoms with Crippen LogP contribution in [0.25, 0.3) is 0 Å². The average molecular weight is 423 g/mol. The Kier molecular flexibility index (Phi) is 7.41. The normalized spacial score (nSPS) is 10.8. The topological polar surface area (TPSA) is 35.1 Å². The highest BCUT2D eigenvalue weighted by molar-refractivity contribution is 7.09. The second kappa shape index (κ2) is 10.00. The Morgan fingerprint density at radius 1 is 0.963 bits per heavy atom. The monoisotopic (exact) mass is 422 g/mol. The third kappa shape index (κ3) is 5.88. The lowest BCUT2D eigenvalue weighted by Crippen LogP contribution is -2.80. The number of quaternary nitrogens is 1. The fourth-order valence-corrected chi connectivity index (χ4v) is 3.81. The summed E-state index contributed by atoms with van der Waals surface area (Å²) >= 11 is 14.2. The van der Waals surface area contributed by atoms with Crippen molar-refractivity contribution in [3.63, 3.8) is 0 Å². The highest BCUT2D eigenvalue weighted by Gasteiger charge is 2.14. The standard InChI is InChI=1S/C21H21Cl2NO2S/c1-2-25-20-11-16(12-24-13-18-4-3-9-27-18)10-19(23)21(20)26-14-15-5-7-17(22)8-6-15/h3-11,24H,2,12-14H2,1H3/p+1. The van der Waals surface area contributed by atoms with Gasteiger partial charge >= 0.3 is 0 Å². The molecule has 0 saturated heterocycles. The Hall–Kier alpha value is -1.72. The van der Waals surface area contributed by atoms with Gasteiger partial charge in [0.05, 0.1) is 16.5 Å². The number of rotatable bonds is 9. The number of halogens is 2.